The van der Waals surface area contributed by atoms with E-state index in [1.807, 2.05) is 6.07 Å². The standard InChI is InChI=1S/C19H31NO2/c1-15(2)22-19(16-10-8-11-18(13-16)21-5)12-7-6-9-17(19)14-20(3)4/h8,10-11,13,15,17H,6-7,9,12,14H2,1-5H3/t17-,19+/m1/s1. The first kappa shape index (κ1) is 17.3. The Kier molecular flexibility index (Phi) is 5.87. The van der Waals surface area contributed by atoms with Gasteiger partial charge in [-0.2, -0.15) is 0 Å². The molecule has 0 unspecified atom stereocenters. The fourth-order valence-corrected chi connectivity index (χ4v) is 3.81. The molecule has 0 aromatic heterocycles. The number of nitrogens with zero attached hydrogens (tertiary/aromatic N) is 1. The van der Waals surface area contributed by atoms with Crippen LogP contribution < -0.4 is 4.74 Å². The Labute approximate surface area is 135 Å². The summed E-state index contributed by atoms with van der Waals surface area (Å²) in [4.78, 5) is 2.29. The van der Waals surface area contributed by atoms with Gasteiger partial charge < -0.3 is 14.4 Å². The van der Waals surface area contributed by atoms with Crippen LogP contribution in [0.2, 0.25) is 0 Å². The normalized spacial score (nSPS) is 25.7. The molecule has 3 heteroatoms. The summed E-state index contributed by atoms with van der Waals surface area (Å²) >= 11 is 0. The predicted molar refractivity (Wildman–Crippen MR) is 91.4 cm³/mol. The molecule has 1 aliphatic carbocycles. The Morgan fingerprint density at radius 1 is 1.27 bits per heavy atom. The Balaban J connectivity index is 2.43. The van der Waals surface area contributed by atoms with Gasteiger partial charge in [-0.1, -0.05) is 25.0 Å². The molecule has 0 N–H and O–H groups in total. The summed E-state index contributed by atoms with van der Waals surface area (Å²) in [5.74, 6) is 1.43. The number of hydrogen-bond acceptors (Lipinski definition) is 3. The van der Waals surface area contributed by atoms with E-state index in [2.05, 4.69) is 51.0 Å². The topological polar surface area (TPSA) is 21.7 Å². The Hall–Kier alpha value is -1.06. The van der Waals surface area contributed by atoms with Gasteiger partial charge in [0, 0.05) is 12.5 Å². The van der Waals surface area contributed by atoms with E-state index in [-0.39, 0.29) is 11.7 Å². The molecule has 0 bridgehead atoms. The van der Waals surface area contributed by atoms with Gasteiger partial charge in [-0.15, -0.1) is 0 Å². The van der Waals surface area contributed by atoms with Crippen molar-refractivity contribution in [2.75, 3.05) is 27.7 Å². The number of rotatable bonds is 6. The van der Waals surface area contributed by atoms with Crippen molar-refractivity contribution < 1.29 is 9.47 Å². The molecular formula is C19H31NO2. The molecule has 2 atom stereocenters. The quantitative estimate of drug-likeness (QED) is 0.791. The summed E-state index contributed by atoms with van der Waals surface area (Å²) in [7, 11) is 6.04. The highest BCUT2D eigenvalue weighted by atomic mass is 16.5. The average molecular weight is 305 g/mol. The third-order valence-electron chi connectivity index (χ3n) is 4.60. The molecule has 0 heterocycles. The molecule has 0 spiro atoms. The first-order chi connectivity index (χ1) is 10.5. The summed E-state index contributed by atoms with van der Waals surface area (Å²) in [5.41, 5.74) is 1.08. The van der Waals surface area contributed by atoms with E-state index < -0.39 is 0 Å². The van der Waals surface area contributed by atoms with E-state index in [1.165, 1.54) is 24.8 Å². The summed E-state index contributed by atoms with van der Waals surface area (Å²) in [6, 6.07) is 8.46. The van der Waals surface area contributed by atoms with Gasteiger partial charge in [0.15, 0.2) is 0 Å². The average Bonchev–Trinajstić information content (AvgIpc) is 2.48. The van der Waals surface area contributed by atoms with Crippen molar-refractivity contribution in [3.8, 4) is 5.75 Å². The summed E-state index contributed by atoms with van der Waals surface area (Å²) < 4.78 is 12.0. The largest absolute Gasteiger partial charge is 0.497 e. The van der Waals surface area contributed by atoms with E-state index in [4.69, 9.17) is 9.47 Å². The molecule has 1 aromatic carbocycles. The zero-order valence-electron chi connectivity index (χ0n) is 14.8. The SMILES string of the molecule is COc1cccc([C@@]2(OC(C)C)CCCC[C@@H]2CN(C)C)c1. The summed E-state index contributed by atoms with van der Waals surface area (Å²) in [6.45, 7) is 5.34. The van der Waals surface area contributed by atoms with Crippen LogP contribution in [0.3, 0.4) is 0 Å². The van der Waals surface area contributed by atoms with Crippen LogP contribution in [0.5, 0.6) is 5.75 Å². The van der Waals surface area contributed by atoms with Gasteiger partial charge in [0.05, 0.1) is 18.8 Å². The van der Waals surface area contributed by atoms with Crippen LogP contribution in [0.4, 0.5) is 0 Å². The van der Waals surface area contributed by atoms with E-state index >= 15 is 0 Å². The lowest BCUT2D eigenvalue weighted by Gasteiger charge is -2.46. The number of benzene rings is 1. The molecule has 3 nitrogen and oxygen atoms in total. The molecule has 0 aliphatic heterocycles. The molecule has 1 fully saturated rings. The van der Waals surface area contributed by atoms with Crippen molar-refractivity contribution in [2.24, 2.45) is 5.92 Å². The second-order valence-electron chi connectivity index (χ2n) is 6.99. The van der Waals surface area contributed by atoms with Crippen molar-refractivity contribution in [2.45, 2.75) is 51.2 Å². The lowest BCUT2D eigenvalue weighted by molar-refractivity contribution is -0.146. The maximum Gasteiger partial charge on any atom is 0.119 e. The van der Waals surface area contributed by atoms with Crippen LogP contribution >= 0.6 is 0 Å². The van der Waals surface area contributed by atoms with Crippen molar-refractivity contribution in [3.05, 3.63) is 29.8 Å². The molecule has 1 saturated carbocycles. The van der Waals surface area contributed by atoms with Gasteiger partial charge in [-0.25, -0.2) is 0 Å². The van der Waals surface area contributed by atoms with Crippen LogP contribution in [0.15, 0.2) is 24.3 Å². The lowest BCUT2D eigenvalue weighted by Crippen LogP contribution is -2.46. The van der Waals surface area contributed by atoms with E-state index in [9.17, 15) is 0 Å². The smallest absolute Gasteiger partial charge is 0.119 e. The van der Waals surface area contributed by atoms with Crippen LogP contribution in [0.1, 0.15) is 45.1 Å². The van der Waals surface area contributed by atoms with Gasteiger partial charge in [0.25, 0.3) is 0 Å². The molecule has 1 aromatic rings. The Bertz CT molecular complexity index is 472. The first-order valence-corrected chi connectivity index (χ1v) is 8.45. The van der Waals surface area contributed by atoms with Crippen LogP contribution in [0, 0.1) is 5.92 Å². The number of hydrogen-bond donors (Lipinski definition) is 0. The minimum atomic E-state index is -0.189. The summed E-state index contributed by atoms with van der Waals surface area (Å²) in [5, 5.41) is 0. The second-order valence-corrected chi connectivity index (χ2v) is 6.99. The molecule has 2 rings (SSSR count). The van der Waals surface area contributed by atoms with E-state index in [0.29, 0.717) is 5.92 Å². The highest BCUT2D eigenvalue weighted by molar-refractivity contribution is 5.33. The minimum absolute atomic E-state index is 0.189. The van der Waals surface area contributed by atoms with Crippen molar-refractivity contribution >= 4 is 0 Å². The van der Waals surface area contributed by atoms with Gasteiger partial charge >= 0.3 is 0 Å². The third kappa shape index (κ3) is 3.82. The Morgan fingerprint density at radius 2 is 2.05 bits per heavy atom. The fraction of sp³-hybridized carbons (Fsp3) is 0.684. The van der Waals surface area contributed by atoms with E-state index in [1.54, 1.807) is 7.11 Å². The van der Waals surface area contributed by atoms with Crippen LogP contribution in [0.25, 0.3) is 0 Å². The van der Waals surface area contributed by atoms with Crippen LogP contribution in [-0.4, -0.2) is 38.8 Å². The first-order valence-electron chi connectivity index (χ1n) is 8.45. The highest BCUT2D eigenvalue weighted by Gasteiger charge is 2.44. The van der Waals surface area contributed by atoms with Gasteiger partial charge in [0.2, 0.25) is 0 Å². The van der Waals surface area contributed by atoms with Gasteiger partial charge in [-0.05, 0) is 58.5 Å². The molecule has 0 radical (unpaired) electrons. The van der Waals surface area contributed by atoms with Crippen LogP contribution in [-0.2, 0) is 10.3 Å². The zero-order valence-corrected chi connectivity index (χ0v) is 14.8. The number of methoxy groups -OCH3 is 1. The Morgan fingerprint density at radius 3 is 2.68 bits per heavy atom. The van der Waals surface area contributed by atoms with Crippen molar-refractivity contribution in [1.29, 1.82) is 0 Å². The van der Waals surface area contributed by atoms with Gasteiger partial charge in [0.1, 0.15) is 5.75 Å². The molecule has 1 aliphatic rings. The minimum Gasteiger partial charge on any atom is -0.497 e. The number of ether oxygens (including phenoxy) is 2. The molecule has 0 amide bonds. The monoisotopic (exact) mass is 305 g/mol. The third-order valence-corrected chi connectivity index (χ3v) is 4.60. The maximum atomic E-state index is 6.60. The van der Waals surface area contributed by atoms with E-state index in [0.717, 1.165) is 18.7 Å². The maximum absolute atomic E-state index is 6.60. The lowest BCUT2D eigenvalue weighted by atomic mass is 9.70. The highest BCUT2D eigenvalue weighted by Crippen LogP contribution is 2.46. The van der Waals surface area contributed by atoms with Crippen molar-refractivity contribution in [3.63, 3.8) is 0 Å². The molecule has 22 heavy (non-hydrogen) atoms. The molecular weight excluding hydrogens is 274 g/mol. The van der Waals surface area contributed by atoms with Gasteiger partial charge in [-0.3, -0.25) is 0 Å². The second kappa shape index (κ2) is 7.47. The molecule has 0 saturated heterocycles. The zero-order chi connectivity index (χ0) is 16.2. The predicted octanol–water partition coefficient (Wildman–Crippen LogP) is 4.07. The fourth-order valence-electron chi connectivity index (χ4n) is 3.81. The van der Waals surface area contributed by atoms with Crippen molar-refractivity contribution in [1.82, 2.24) is 4.90 Å². The summed E-state index contributed by atoms with van der Waals surface area (Å²) in [6.07, 6.45) is 5.06. The molecule has 124 valence electrons.